The van der Waals surface area contributed by atoms with Crippen molar-refractivity contribution in [3.63, 3.8) is 0 Å². The second kappa shape index (κ2) is 9.78. The van der Waals surface area contributed by atoms with Crippen LogP contribution in [0.1, 0.15) is 68.8 Å². The van der Waals surface area contributed by atoms with Crippen molar-refractivity contribution in [3.05, 3.63) is 30.0 Å². The van der Waals surface area contributed by atoms with Gasteiger partial charge in [0.2, 0.25) is 5.91 Å². The Bertz CT molecular complexity index is 1290. The van der Waals surface area contributed by atoms with Crippen molar-refractivity contribution in [3.8, 4) is 5.75 Å². The van der Waals surface area contributed by atoms with Crippen molar-refractivity contribution in [1.29, 1.82) is 0 Å². The number of halogens is 2. The average Bonchev–Trinajstić information content (AvgIpc) is 3.25. The lowest BCUT2D eigenvalue weighted by molar-refractivity contribution is -0.132. The molecule has 2 aliphatic carbocycles. The van der Waals surface area contributed by atoms with E-state index in [-0.39, 0.29) is 55.4 Å². The van der Waals surface area contributed by atoms with E-state index in [1.54, 1.807) is 31.2 Å². The number of Topliss-reactive ketones (excluding diaryl/α,β-unsaturated/α-hetero) is 2. The van der Waals surface area contributed by atoms with Crippen LogP contribution in [0.25, 0.3) is 10.9 Å². The van der Waals surface area contributed by atoms with Gasteiger partial charge >= 0.3 is 0 Å². The summed E-state index contributed by atoms with van der Waals surface area (Å²) in [5.74, 6) is -4.06. The number of amides is 2. The van der Waals surface area contributed by atoms with Gasteiger partial charge in [-0.2, -0.15) is 0 Å². The SMILES string of the molecule is CCC(=O)C(CC1CCCCC1=O)NC(=O)C1CC2(CN1C(=O)c1cc3c(OC)cccc3[nH]1)CC2(F)F. The molecule has 2 heterocycles. The Hall–Kier alpha value is -3.30. The molecular weight excluding hydrogens is 496 g/mol. The van der Waals surface area contributed by atoms with E-state index >= 15 is 0 Å². The normalized spacial score (nSPS) is 26.9. The highest BCUT2D eigenvalue weighted by Crippen LogP contribution is 2.66. The summed E-state index contributed by atoms with van der Waals surface area (Å²) in [7, 11) is 1.51. The number of rotatable bonds is 8. The quantitative estimate of drug-likeness (QED) is 0.537. The number of nitrogens with one attached hydrogen (secondary N) is 2. The zero-order valence-electron chi connectivity index (χ0n) is 21.6. The summed E-state index contributed by atoms with van der Waals surface area (Å²) in [5, 5.41) is 3.40. The smallest absolute Gasteiger partial charge is 0.271 e. The van der Waals surface area contributed by atoms with Gasteiger partial charge < -0.3 is 19.9 Å². The molecule has 2 aromatic rings. The maximum Gasteiger partial charge on any atom is 0.271 e. The number of hydrogen-bond acceptors (Lipinski definition) is 5. The summed E-state index contributed by atoms with van der Waals surface area (Å²) < 4.78 is 34.3. The van der Waals surface area contributed by atoms with Crippen LogP contribution in [0.3, 0.4) is 0 Å². The number of alkyl halides is 2. The van der Waals surface area contributed by atoms with E-state index in [1.165, 1.54) is 12.0 Å². The van der Waals surface area contributed by atoms with Crippen LogP contribution in [0.5, 0.6) is 5.75 Å². The summed E-state index contributed by atoms with van der Waals surface area (Å²) in [6.07, 6.45) is 2.62. The maximum absolute atomic E-state index is 14.4. The maximum atomic E-state index is 14.4. The lowest BCUT2D eigenvalue weighted by Crippen LogP contribution is -2.51. The second-order valence-corrected chi connectivity index (χ2v) is 10.9. The van der Waals surface area contributed by atoms with Crippen LogP contribution in [0.15, 0.2) is 24.3 Å². The van der Waals surface area contributed by atoms with E-state index in [0.29, 0.717) is 29.5 Å². The van der Waals surface area contributed by atoms with Gasteiger partial charge in [0.15, 0.2) is 5.78 Å². The van der Waals surface area contributed by atoms with Crippen molar-refractivity contribution in [2.45, 2.75) is 76.3 Å². The molecule has 8 nitrogen and oxygen atoms in total. The van der Waals surface area contributed by atoms with Crippen LogP contribution in [0, 0.1) is 11.3 Å². The van der Waals surface area contributed by atoms with E-state index in [4.69, 9.17) is 4.74 Å². The molecule has 38 heavy (non-hydrogen) atoms. The van der Waals surface area contributed by atoms with Gasteiger partial charge in [0.05, 0.1) is 18.6 Å². The van der Waals surface area contributed by atoms with Crippen molar-refractivity contribution < 1.29 is 32.7 Å². The van der Waals surface area contributed by atoms with Crippen molar-refractivity contribution in [2.75, 3.05) is 13.7 Å². The molecule has 0 radical (unpaired) electrons. The molecule has 4 unspecified atom stereocenters. The fourth-order valence-electron chi connectivity index (χ4n) is 6.15. The molecule has 1 aromatic carbocycles. The Labute approximate surface area is 219 Å². The number of hydrogen-bond donors (Lipinski definition) is 2. The molecule has 1 saturated heterocycles. The molecule has 1 aromatic heterocycles. The standard InChI is InChI=1S/C28H33F2N3O5/c1-3-22(34)19(11-16-7-4-5-9-23(16)35)32-25(36)21-13-27(14-28(27,29)30)15-33(21)26(37)20-12-17-18(31-20)8-6-10-24(17)38-2/h6,8,10,12,16,19,21,31H,3-5,7,9,11,13-15H2,1-2H3,(H,32,36). The molecule has 204 valence electrons. The van der Waals surface area contributed by atoms with Gasteiger partial charge in [-0.15, -0.1) is 0 Å². The second-order valence-electron chi connectivity index (χ2n) is 10.9. The summed E-state index contributed by atoms with van der Waals surface area (Å²) in [6, 6.07) is 4.83. The number of likely N-dealkylation sites (tertiary alicyclic amines) is 1. The molecule has 3 aliphatic rings. The van der Waals surface area contributed by atoms with Crippen LogP contribution < -0.4 is 10.1 Å². The van der Waals surface area contributed by atoms with Crippen LogP contribution in [0.4, 0.5) is 8.78 Å². The Balaban J connectivity index is 1.40. The van der Waals surface area contributed by atoms with Gasteiger partial charge in [0.25, 0.3) is 11.8 Å². The minimum Gasteiger partial charge on any atom is -0.496 e. The predicted molar refractivity (Wildman–Crippen MR) is 135 cm³/mol. The average molecular weight is 530 g/mol. The predicted octanol–water partition coefficient (Wildman–Crippen LogP) is 4.03. The first-order chi connectivity index (χ1) is 18.1. The Morgan fingerprint density at radius 1 is 1.26 bits per heavy atom. The highest BCUT2D eigenvalue weighted by Gasteiger charge is 2.75. The number of ketones is 2. The highest BCUT2D eigenvalue weighted by molar-refractivity contribution is 6.02. The molecule has 3 fully saturated rings. The third kappa shape index (κ3) is 4.58. The molecule has 2 N–H and O–H groups in total. The Morgan fingerprint density at radius 3 is 2.68 bits per heavy atom. The monoisotopic (exact) mass is 529 g/mol. The molecule has 5 rings (SSSR count). The molecule has 4 atom stereocenters. The first-order valence-corrected chi connectivity index (χ1v) is 13.3. The number of carbonyl (C=O) groups excluding carboxylic acids is 4. The highest BCUT2D eigenvalue weighted by atomic mass is 19.3. The zero-order chi connectivity index (χ0) is 27.2. The van der Waals surface area contributed by atoms with Gasteiger partial charge in [0, 0.05) is 42.6 Å². The number of ether oxygens (including phenoxy) is 1. The van der Waals surface area contributed by atoms with E-state index in [9.17, 15) is 28.0 Å². The van der Waals surface area contributed by atoms with E-state index < -0.39 is 35.2 Å². The molecular formula is C28H33F2N3O5. The van der Waals surface area contributed by atoms with E-state index in [0.717, 1.165) is 12.8 Å². The van der Waals surface area contributed by atoms with Crippen LogP contribution in [-0.2, 0) is 14.4 Å². The third-order valence-corrected chi connectivity index (χ3v) is 8.54. The van der Waals surface area contributed by atoms with Crippen LogP contribution in [0.2, 0.25) is 0 Å². The van der Waals surface area contributed by atoms with Crippen LogP contribution >= 0.6 is 0 Å². The van der Waals surface area contributed by atoms with Gasteiger partial charge in [-0.25, -0.2) is 8.78 Å². The number of aromatic amines is 1. The molecule has 2 amide bonds. The van der Waals surface area contributed by atoms with E-state index in [1.807, 2.05) is 0 Å². The molecule has 1 spiro atoms. The largest absolute Gasteiger partial charge is 0.496 e. The first-order valence-electron chi connectivity index (χ1n) is 13.3. The molecule has 1 aliphatic heterocycles. The minimum absolute atomic E-state index is 0.0860. The van der Waals surface area contributed by atoms with Gasteiger partial charge in [-0.05, 0) is 43.9 Å². The van der Waals surface area contributed by atoms with Gasteiger partial charge in [0.1, 0.15) is 23.3 Å². The van der Waals surface area contributed by atoms with Crippen molar-refractivity contribution in [2.24, 2.45) is 11.3 Å². The van der Waals surface area contributed by atoms with Crippen molar-refractivity contribution >= 4 is 34.3 Å². The summed E-state index contributed by atoms with van der Waals surface area (Å²) in [6.45, 7) is 1.43. The van der Waals surface area contributed by atoms with Gasteiger partial charge in [-0.1, -0.05) is 19.4 Å². The summed E-state index contributed by atoms with van der Waals surface area (Å²) in [5.41, 5.74) is -0.639. The third-order valence-electron chi connectivity index (χ3n) is 8.54. The fraction of sp³-hybridized carbons (Fsp3) is 0.571. The topological polar surface area (TPSA) is 109 Å². The molecule has 10 heteroatoms. The lowest BCUT2D eigenvalue weighted by atomic mass is 9.82. The Morgan fingerprint density at radius 2 is 2.03 bits per heavy atom. The summed E-state index contributed by atoms with van der Waals surface area (Å²) >= 11 is 0. The number of benzene rings is 1. The van der Waals surface area contributed by atoms with E-state index in [2.05, 4.69) is 10.3 Å². The lowest BCUT2D eigenvalue weighted by Gasteiger charge is -2.28. The number of fused-ring (bicyclic) bond motifs is 1. The summed E-state index contributed by atoms with van der Waals surface area (Å²) in [4.78, 5) is 56.5. The minimum atomic E-state index is -2.96. The first kappa shape index (κ1) is 26.3. The molecule has 2 saturated carbocycles. The number of nitrogens with zero attached hydrogens (tertiary/aromatic N) is 1. The number of methoxy groups -OCH3 is 1. The van der Waals surface area contributed by atoms with Crippen molar-refractivity contribution in [1.82, 2.24) is 15.2 Å². The number of H-pyrrole nitrogens is 1. The van der Waals surface area contributed by atoms with Crippen LogP contribution in [-0.4, -0.2) is 64.9 Å². The number of carbonyl (C=O) groups is 4. The number of aromatic nitrogens is 1. The van der Waals surface area contributed by atoms with Gasteiger partial charge in [-0.3, -0.25) is 19.2 Å². The Kier molecular flexibility index (Phi) is 6.77. The fourth-order valence-corrected chi connectivity index (χ4v) is 6.15. The zero-order valence-corrected chi connectivity index (χ0v) is 21.6. The molecule has 0 bridgehead atoms.